The Hall–Kier alpha value is -0.250. The van der Waals surface area contributed by atoms with Gasteiger partial charge in [0.25, 0.3) is 0 Å². The first-order chi connectivity index (χ1) is 17.3. The molecule has 0 atom stereocenters. The molecule has 5 rings (SSSR count). The Morgan fingerprint density at radius 1 is 0.730 bits per heavy atom. The van der Waals surface area contributed by atoms with Gasteiger partial charge in [0.05, 0.1) is 0 Å². The monoisotopic (exact) mass is 773 g/mol. The third-order valence-corrected chi connectivity index (χ3v) is 9.30. The van der Waals surface area contributed by atoms with Crippen molar-refractivity contribution in [2.45, 2.75) is 31.5 Å². The van der Waals surface area contributed by atoms with Crippen LogP contribution in [0.25, 0.3) is 0 Å². The van der Waals surface area contributed by atoms with Crippen molar-refractivity contribution in [3.8, 4) is 0 Å². The van der Waals surface area contributed by atoms with E-state index in [9.17, 15) is 0 Å². The molecular formula is C29H32Br4ClN3. The van der Waals surface area contributed by atoms with Crippen LogP contribution in [-0.2, 0) is 25.9 Å². The van der Waals surface area contributed by atoms with E-state index >= 15 is 0 Å². The maximum Gasteiger partial charge on any atom is 0.0418 e. The van der Waals surface area contributed by atoms with Crippen molar-refractivity contribution in [2.75, 3.05) is 39.8 Å². The molecule has 1 heterocycles. The summed E-state index contributed by atoms with van der Waals surface area (Å²) in [4.78, 5) is 7.92. The lowest BCUT2D eigenvalue weighted by molar-refractivity contribution is 0.0141. The summed E-state index contributed by atoms with van der Waals surface area (Å²) in [6, 6.07) is 22.2. The molecule has 0 bridgehead atoms. The van der Waals surface area contributed by atoms with Crippen LogP contribution >= 0.6 is 76.1 Å². The van der Waals surface area contributed by atoms with E-state index in [0.717, 1.165) is 76.5 Å². The Labute approximate surface area is 260 Å². The molecule has 8 heteroatoms. The van der Waals surface area contributed by atoms with Crippen LogP contribution in [0.3, 0.4) is 0 Å². The largest absolute Gasteiger partial charge is 0.300 e. The van der Waals surface area contributed by atoms with E-state index in [2.05, 4.69) is 146 Å². The Morgan fingerprint density at radius 3 is 1.73 bits per heavy atom. The maximum absolute atomic E-state index is 3.65. The molecule has 1 saturated heterocycles. The SMILES string of the molecule is CN(Cc1cc(Br)cc(Br)c1)CC1(N2CCN(Cc3cc(Br)cc(Br)c3)CC2)Cc2ccccc2C1.Cl. The third kappa shape index (κ3) is 7.49. The smallest absolute Gasteiger partial charge is 0.0418 e. The van der Waals surface area contributed by atoms with Crippen LogP contribution in [0.2, 0.25) is 0 Å². The molecule has 1 fully saturated rings. The first-order valence-corrected chi connectivity index (χ1v) is 15.6. The topological polar surface area (TPSA) is 9.72 Å². The van der Waals surface area contributed by atoms with Crippen molar-refractivity contribution in [2.24, 2.45) is 0 Å². The number of rotatable bonds is 7. The molecule has 0 N–H and O–H groups in total. The summed E-state index contributed by atoms with van der Waals surface area (Å²) < 4.78 is 4.51. The fourth-order valence-electron chi connectivity index (χ4n) is 6.02. The van der Waals surface area contributed by atoms with Gasteiger partial charge in [-0.3, -0.25) is 9.80 Å². The molecule has 37 heavy (non-hydrogen) atoms. The number of benzene rings is 3. The molecule has 198 valence electrons. The van der Waals surface area contributed by atoms with Crippen LogP contribution in [0.4, 0.5) is 0 Å². The summed E-state index contributed by atoms with van der Waals surface area (Å²) in [7, 11) is 2.28. The van der Waals surface area contributed by atoms with Crippen molar-refractivity contribution >= 4 is 76.1 Å². The molecule has 0 amide bonds. The molecule has 0 saturated carbocycles. The molecule has 2 aliphatic rings. The summed E-state index contributed by atoms with van der Waals surface area (Å²) in [5.74, 6) is 0. The lowest BCUT2D eigenvalue weighted by atomic mass is 9.91. The van der Waals surface area contributed by atoms with E-state index < -0.39 is 0 Å². The van der Waals surface area contributed by atoms with Gasteiger partial charge in [-0.1, -0.05) is 88.0 Å². The first kappa shape index (κ1) is 29.7. The molecule has 0 unspecified atom stereocenters. The molecule has 3 nitrogen and oxygen atoms in total. The van der Waals surface area contributed by atoms with E-state index in [1.807, 2.05) is 0 Å². The highest BCUT2D eigenvalue weighted by Gasteiger charge is 2.43. The fraction of sp³-hybridized carbons (Fsp3) is 0.379. The minimum atomic E-state index is 0. The van der Waals surface area contributed by atoms with Gasteiger partial charge in [-0.2, -0.15) is 0 Å². The summed E-state index contributed by atoms with van der Waals surface area (Å²) >= 11 is 14.6. The lowest BCUT2D eigenvalue weighted by Crippen LogP contribution is -2.61. The quantitative estimate of drug-likeness (QED) is 0.242. The van der Waals surface area contributed by atoms with Gasteiger partial charge in [-0.25, -0.2) is 0 Å². The van der Waals surface area contributed by atoms with Gasteiger partial charge in [-0.15, -0.1) is 12.4 Å². The van der Waals surface area contributed by atoms with Crippen LogP contribution < -0.4 is 0 Å². The Morgan fingerprint density at radius 2 is 1.22 bits per heavy atom. The zero-order valence-corrected chi connectivity index (χ0v) is 28.1. The molecule has 3 aromatic carbocycles. The zero-order chi connectivity index (χ0) is 25.3. The number of piperazine rings is 1. The minimum absolute atomic E-state index is 0. The highest BCUT2D eigenvalue weighted by molar-refractivity contribution is 9.11. The number of fused-ring (bicyclic) bond motifs is 1. The van der Waals surface area contributed by atoms with E-state index in [1.165, 1.54) is 22.3 Å². The third-order valence-electron chi connectivity index (χ3n) is 7.47. The summed E-state index contributed by atoms with van der Waals surface area (Å²) in [5.41, 5.74) is 5.88. The van der Waals surface area contributed by atoms with Gasteiger partial charge in [0.1, 0.15) is 0 Å². The molecule has 0 radical (unpaired) electrons. The van der Waals surface area contributed by atoms with Gasteiger partial charge >= 0.3 is 0 Å². The predicted molar refractivity (Wildman–Crippen MR) is 171 cm³/mol. The molecular weight excluding hydrogens is 745 g/mol. The van der Waals surface area contributed by atoms with Crippen LogP contribution in [-0.4, -0.2) is 60.0 Å². The average molecular weight is 778 g/mol. The lowest BCUT2D eigenvalue weighted by Gasteiger charge is -2.47. The van der Waals surface area contributed by atoms with Crippen LogP contribution in [0.15, 0.2) is 78.6 Å². The van der Waals surface area contributed by atoms with Crippen LogP contribution in [0, 0.1) is 0 Å². The summed E-state index contributed by atoms with van der Waals surface area (Å²) in [6.45, 7) is 7.42. The second-order valence-corrected chi connectivity index (χ2v) is 14.0. The Bertz CT molecular complexity index is 1160. The maximum atomic E-state index is 3.65. The van der Waals surface area contributed by atoms with Crippen molar-refractivity contribution in [3.05, 3.63) is 101 Å². The second kappa shape index (κ2) is 12.9. The first-order valence-electron chi connectivity index (χ1n) is 12.4. The van der Waals surface area contributed by atoms with E-state index in [1.54, 1.807) is 0 Å². The van der Waals surface area contributed by atoms with Gasteiger partial charge in [-0.05, 0) is 78.5 Å². The normalized spacial score (nSPS) is 17.6. The average Bonchev–Trinajstić information content (AvgIpc) is 3.17. The number of hydrogen-bond acceptors (Lipinski definition) is 3. The Kier molecular flexibility index (Phi) is 10.4. The fourth-order valence-corrected chi connectivity index (χ4v) is 8.80. The van der Waals surface area contributed by atoms with Crippen molar-refractivity contribution < 1.29 is 0 Å². The van der Waals surface area contributed by atoms with Crippen molar-refractivity contribution in [1.29, 1.82) is 0 Å². The van der Waals surface area contributed by atoms with E-state index in [0.29, 0.717) is 0 Å². The van der Waals surface area contributed by atoms with Gasteiger partial charge < -0.3 is 4.90 Å². The highest BCUT2D eigenvalue weighted by atomic mass is 79.9. The van der Waals surface area contributed by atoms with Gasteiger partial charge in [0.15, 0.2) is 0 Å². The highest BCUT2D eigenvalue weighted by Crippen LogP contribution is 2.36. The van der Waals surface area contributed by atoms with Crippen molar-refractivity contribution in [1.82, 2.24) is 14.7 Å². The van der Waals surface area contributed by atoms with Crippen LogP contribution in [0.5, 0.6) is 0 Å². The summed E-state index contributed by atoms with van der Waals surface area (Å²) in [6.07, 6.45) is 2.27. The molecule has 0 aromatic heterocycles. The Balaban J connectivity index is 0.00000320. The number of nitrogens with zero attached hydrogens (tertiary/aromatic N) is 3. The number of likely N-dealkylation sites (N-methyl/N-ethyl adjacent to an activating group) is 1. The number of hydrogen-bond donors (Lipinski definition) is 0. The zero-order valence-electron chi connectivity index (χ0n) is 20.9. The van der Waals surface area contributed by atoms with Crippen molar-refractivity contribution in [3.63, 3.8) is 0 Å². The van der Waals surface area contributed by atoms with Crippen LogP contribution in [0.1, 0.15) is 22.3 Å². The molecule has 0 spiro atoms. The van der Waals surface area contributed by atoms with E-state index in [4.69, 9.17) is 0 Å². The van der Waals surface area contributed by atoms with Gasteiger partial charge in [0.2, 0.25) is 0 Å². The molecule has 1 aliphatic heterocycles. The second-order valence-electron chi connectivity index (χ2n) is 10.3. The number of halogens is 5. The standard InChI is InChI=1S/C29H31Br4N3.ClH/c1-34(18-21-10-25(30)14-26(31)11-21)20-29(16-23-4-2-3-5-24(23)17-29)36-8-6-35(7-9-36)19-22-12-27(32)15-28(33)13-22;/h2-5,10-15H,6-9,16-20H2,1H3;1H. The molecule has 1 aliphatic carbocycles. The molecule has 3 aromatic rings. The predicted octanol–water partition coefficient (Wildman–Crippen LogP) is 7.95. The summed E-state index contributed by atoms with van der Waals surface area (Å²) in [5, 5.41) is 0. The minimum Gasteiger partial charge on any atom is -0.300 e. The van der Waals surface area contributed by atoms with E-state index in [-0.39, 0.29) is 17.9 Å². The van der Waals surface area contributed by atoms with Gasteiger partial charge in [0, 0.05) is 69.2 Å².